The zero-order chi connectivity index (χ0) is 12.3. The maximum atomic E-state index is 11.4. The average molecular weight is 231 g/mol. The van der Waals surface area contributed by atoms with Crippen molar-refractivity contribution in [2.75, 3.05) is 20.1 Å². The molecule has 0 radical (unpaired) electrons. The molecule has 0 bridgehead atoms. The van der Waals surface area contributed by atoms with Gasteiger partial charge in [0.05, 0.1) is 0 Å². The Balaban J connectivity index is 2.15. The Labute approximate surface area is 104 Å². The summed E-state index contributed by atoms with van der Waals surface area (Å²) in [7, 11) is 2.14. The minimum Gasteiger partial charge on any atom is -0.306 e. The number of aldehydes is 1. The summed E-state index contributed by atoms with van der Waals surface area (Å²) in [5.74, 6) is 0.548. The summed E-state index contributed by atoms with van der Waals surface area (Å²) in [6.45, 7) is 4.28. The topological polar surface area (TPSA) is 20.3 Å². The van der Waals surface area contributed by atoms with Crippen molar-refractivity contribution in [2.45, 2.75) is 25.7 Å². The highest BCUT2D eigenvalue weighted by molar-refractivity contribution is 5.62. The van der Waals surface area contributed by atoms with E-state index in [-0.39, 0.29) is 5.92 Å². The van der Waals surface area contributed by atoms with Gasteiger partial charge in [-0.25, -0.2) is 0 Å². The standard InChI is InChI=1S/C15H21NO/c1-12-5-7-13(8-6-12)15(11-17)14-4-3-9-16(2)10-14/h5-8,11,14-15H,3-4,9-10H2,1-2H3. The molecule has 1 heterocycles. The lowest BCUT2D eigenvalue weighted by molar-refractivity contribution is -0.110. The van der Waals surface area contributed by atoms with Crippen molar-refractivity contribution in [1.82, 2.24) is 4.90 Å². The number of benzene rings is 1. The molecule has 1 aromatic rings. The zero-order valence-corrected chi connectivity index (χ0v) is 10.7. The van der Waals surface area contributed by atoms with E-state index in [0.717, 1.165) is 19.4 Å². The number of rotatable bonds is 3. The molecular weight excluding hydrogens is 210 g/mol. The second-order valence-corrected chi connectivity index (χ2v) is 5.24. The molecule has 2 unspecified atom stereocenters. The molecule has 2 nitrogen and oxygen atoms in total. The number of nitrogens with zero attached hydrogens (tertiary/aromatic N) is 1. The average Bonchev–Trinajstić information content (AvgIpc) is 2.33. The molecule has 1 fully saturated rings. The number of carbonyl (C=O) groups is 1. The van der Waals surface area contributed by atoms with Crippen LogP contribution in [-0.2, 0) is 4.79 Å². The molecule has 0 N–H and O–H groups in total. The van der Waals surface area contributed by atoms with Crippen LogP contribution in [0.4, 0.5) is 0 Å². The highest BCUT2D eigenvalue weighted by atomic mass is 16.1. The second-order valence-electron chi connectivity index (χ2n) is 5.24. The minimum absolute atomic E-state index is 0.0679. The van der Waals surface area contributed by atoms with E-state index < -0.39 is 0 Å². The summed E-state index contributed by atoms with van der Waals surface area (Å²) in [4.78, 5) is 13.7. The van der Waals surface area contributed by atoms with Crippen molar-refractivity contribution >= 4 is 6.29 Å². The summed E-state index contributed by atoms with van der Waals surface area (Å²) < 4.78 is 0. The van der Waals surface area contributed by atoms with E-state index in [1.165, 1.54) is 24.0 Å². The van der Waals surface area contributed by atoms with E-state index >= 15 is 0 Å². The quantitative estimate of drug-likeness (QED) is 0.745. The van der Waals surface area contributed by atoms with E-state index in [0.29, 0.717) is 5.92 Å². The summed E-state index contributed by atoms with van der Waals surface area (Å²) in [5.41, 5.74) is 2.42. The fraction of sp³-hybridized carbons (Fsp3) is 0.533. The number of hydrogen-bond donors (Lipinski definition) is 0. The first-order valence-electron chi connectivity index (χ1n) is 6.41. The number of aryl methyl sites for hydroxylation is 1. The summed E-state index contributed by atoms with van der Waals surface area (Å²) in [6, 6.07) is 8.39. The van der Waals surface area contributed by atoms with Crippen LogP contribution in [0.1, 0.15) is 29.9 Å². The van der Waals surface area contributed by atoms with Gasteiger partial charge >= 0.3 is 0 Å². The van der Waals surface area contributed by atoms with Gasteiger partial charge in [0.15, 0.2) is 0 Å². The molecule has 17 heavy (non-hydrogen) atoms. The lowest BCUT2D eigenvalue weighted by atomic mass is 9.82. The first-order chi connectivity index (χ1) is 8.20. The SMILES string of the molecule is Cc1ccc(C(C=O)C2CCCN(C)C2)cc1. The van der Waals surface area contributed by atoms with E-state index in [2.05, 4.69) is 43.1 Å². The van der Waals surface area contributed by atoms with Gasteiger partial charge in [0.25, 0.3) is 0 Å². The zero-order valence-electron chi connectivity index (χ0n) is 10.7. The predicted molar refractivity (Wildman–Crippen MR) is 70.2 cm³/mol. The molecule has 1 aliphatic heterocycles. The van der Waals surface area contributed by atoms with Crippen LogP contribution >= 0.6 is 0 Å². The second kappa shape index (κ2) is 5.46. The van der Waals surface area contributed by atoms with Gasteiger partial charge in [-0.15, -0.1) is 0 Å². The van der Waals surface area contributed by atoms with Gasteiger partial charge in [-0.2, -0.15) is 0 Å². The Morgan fingerprint density at radius 1 is 1.35 bits per heavy atom. The Bertz CT molecular complexity index is 371. The van der Waals surface area contributed by atoms with Crippen LogP contribution in [0.25, 0.3) is 0 Å². The van der Waals surface area contributed by atoms with E-state index in [9.17, 15) is 4.79 Å². The van der Waals surface area contributed by atoms with Crippen LogP contribution in [0.2, 0.25) is 0 Å². The Kier molecular flexibility index (Phi) is 3.95. The van der Waals surface area contributed by atoms with Gasteiger partial charge in [0, 0.05) is 12.5 Å². The molecule has 0 spiro atoms. The molecule has 2 heteroatoms. The molecule has 2 rings (SSSR count). The molecule has 0 aromatic heterocycles. The van der Waals surface area contributed by atoms with Crippen molar-refractivity contribution in [3.05, 3.63) is 35.4 Å². The fourth-order valence-electron chi connectivity index (χ4n) is 2.75. The molecule has 2 atom stereocenters. The summed E-state index contributed by atoms with van der Waals surface area (Å²) in [5, 5.41) is 0. The van der Waals surface area contributed by atoms with Crippen molar-refractivity contribution in [3.63, 3.8) is 0 Å². The van der Waals surface area contributed by atoms with Gasteiger partial charge < -0.3 is 9.69 Å². The first-order valence-corrected chi connectivity index (χ1v) is 6.41. The van der Waals surface area contributed by atoms with E-state index in [4.69, 9.17) is 0 Å². The van der Waals surface area contributed by atoms with E-state index in [1.807, 2.05) is 0 Å². The smallest absolute Gasteiger partial charge is 0.127 e. The third-order valence-electron chi connectivity index (χ3n) is 3.78. The van der Waals surface area contributed by atoms with Crippen molar-refractivity contribution < 1.29 is 4.79 Å². The van der Waals surface area contributed by atoms with E-state index in [1.54, 1.807) is 0 Å². The third-order valence-corrected chi connectivity index (χ3v) is 3.78. The predicted octanol–water partition coefficient (Wildman–Crippen LogP) is 2.62. The largest absolute Gasteiger partial charge is 0.306 e. The molecule has 1 aromatic carbocycles. The number of piperidine rings is 1. The van der Waals surface area contributed by atoms with Crippen molar-refractivity contribution in [1.29, 1.82) is 0 Å². The lowest BCUT2D eigenvalue weighted by Gasteiger charge is -2.33. The van der Waals surface area contributed by atoms with Gasteiger partial charge in [-0.05, 0) is 44.8 Å². The first kappa shape index (κ1) is 12.3. The van der Waals surface area contributed by atoms with Gasteiger partial charge in [-0.1, -0.05) is 29.8 Å². The van der Waals surface area contributed by atoms with Crippen LogP contribution in [0.15, 0.2) is 24.3 Å². The molecule has 1 aliphatic rings. The maximum absolute atomic E-state index is 11.4. The Hall–Kier alpha value is -1.15. The molecule has 0 saturated carbocycles. The number of hydrogen-bond acceptors (Lipinski definition) is 2. The van der Waals surface area contributed by atoms with Gasteiger partial charge in [-0.3, -0.25) is 0 Å². The highest BCUT2D eigenvalue weighted by Crippen LogP contribution is 2.29. The third kappa shape index (κ3) is 2.95. The van der Waals surface area contributed by atoms with Crippen LogP contribution < -0.4 is 0 Å². The molecule has 1 saturated heterocycles. The Morgan fingerprint density at radius 3 is 2.65 bits per heavy atom. The molecular formula is C15H21NO. The van der Waals surface area contributed by atoms with Crippen LogP contribution in [0.5, 0.6) is 0 Å². The van der Waals surface area contributed by atoms with Crippen molar-refractivity contribution in [2.24, 2.45) is 5.92 Å². The molecule has 92 valence electrons. The fourth-order valence-corrected chi connectivity index (χ4v) is 2.75. The Morgan fingerprint density at radius 2 is 2.06 bits per heavy atom. The monoisotopic (exact) mass is 231 g/mol. The minimum atomic E-state index is 0.0679. The normalized spacial score (nSPS) is 23.3. The summed E-state index contributed by atoms with van der Waals surface area (Å²) in [6.07, 6.45) is 3.51. The van der Waals surface area contributed by atoms with Crippen LogP contribution in [-0.4, -0.2) is 31.3 Å². The lowest BCUT2D eigenvalue weighted by Crippen LogP contribution is -2.35. The number of likely N-dealkylation sites (tertiary alicyclic amines) is 1. The van der Waals surface area contributed by atoms with Gasteiger partial charge in [0.2, 0.25) is 0 Å². The molecule has 0 amide bonds. The molecule has 0 aliphatic carbocycles. The van der Waals surface area contributed by atoms with Crippen LogP contribution in [0.3, 0.4) is 0 Å². The summed E-state index contributed by atoms with van der Waals surface area (Å²) >= 11 is 0. The van der Waals surface area contributed by atoms with Crippen LogP contribution in [0, 0.1) is 12.8 Å². The highest BCUT2D eigenvalue weighted by Gasteiger charge is 2.26. The maximum Gasteiger partial charge on any atom is 0.127 e. The van der Waals surface area contributed by atoms with Gasteiger partial charge in [0.1, 0.15) is 6.29 Å². The number of carbonyl (C=O) groups excluding carboxylic acids is 1. The van der Waals surface area contributed by atoms with Crippen molar-refractivity contribution in [3.8, 4) is 0 Å².